The normalized spacial score (nSPS) is 20.0. The number of carbonyl (C=O) groups excluding carboxylic acids is 2. The Bertz CT molecular complexity index is 518. The van der Waals surface area contributed by atoms with Crippen molar-refractivity contribution in [2.45, 2.75) is 26.0 Å². The summed E-state index contributed by atoms with van der Waals surface area (Å²) in [7, 11) is 0. The van der Waals surface area contributed by atoms with Crippen LogP contribution in [0.1, 0.15) is 25.5 Å². The van der Waals surface area contributed by atoms with Crippen molar-refractivity contribution >= 4 is 11.8 Å². The van der Waals surface area contributed by atoms with E-state index in [1.54, 1.807) is 24.0 Å². The summed E-state index contributed by atoms with van der Waals surface area (Å²) in [6, 6.07) is 5.50. The van der Waals surface area contributed by atoms with Gasteiger partial charge in [-0.05, 0) is 24.6 Å². The van der Waals surface area contributed by atoms with Crippen molar-refractivity contribution in [3.05, 3.63) is 35.6 Å². The van der Waals surface area contributed by atoms with Gasteiger partial charge in [0.15, 0.2) is 0 Å². The fraction of sp³-hybridized carbons (Fsp3) is 0.467. The number of benzene rings is 1. The molecule has 0 aliphatic carbocycles. The Morgan fingerprint density at radius 3 is 2.67 bits per heavy atom. The third-order valence-corrected chi connectivity index (χ3v) is 3.41. The first kappa shape index (κ1) is 15.4. The fourth-order valence-corrected chi connectivity index (χ4v) is 2.37. The molecule has 0 bridgehead atoms. The van der Waals surface area contributed by atoms with E-state index in [0.29, 0.717) is 19.7 Å². The molecule has 0 unspecified atom stereocenters. The molecule has 1 N–H and O–H groups in total. The molecule has 114 valence electrons. The average Bonchev–Trinajstić information content (AvgIpc) is 2.46. The molecule has 1 aromatic carbocycles. The molecule has 2 atom stereocenters. The van der Waals surface area contributed by atoms with Crippen LogP contribution in [0.5, 0.6) is 0 Å². The SMILES string of the molecule is CC(=O)N[C@@H](C)C(=O)N1CCO[C@H](c2ccc(F)cc2)C1. The summed E-state index contributed by atoms with van der Waals surface area (Å²) in [6.45, 7) is 4.34. The van der Waals surface area contributed by atoms with E-state index >= 15 is 0 Å². The first-order valence-corrected chi connectivity index (χ1v) is 6.90. The molecule has 1 heterocycles. The van der Waals surface area contributed by atoms with Gasteiger partial charge >= 0.3 is 0 Å². The van der Waals surface area contributed by atoms with Crippen molar-refractivity contribution in [3.8, 4) is 0 Å². The Morgan fingerprint density at radius 2 is 2.05 bits per heavy atom. The maximum absolute atomic E-state index is 12.9. The Balaban J connectivity index is 2.01. The van der Waals surface area contributed by atoms with Gasteiger partial charge in [-0.1, -0.05) is 12.1 Å². The van der Waals surface area contributed by atoms with E-state index in [1.165, 1.54) is 19.1 Å². The van der Waals surface area contributed by atoms with Crippen molar-refractivity contribution in [1.82, 2.24) is 10.2 Å². The molecule has 5 nitrogen and oxygen atoms in total. The fourth-order valence-electron chi connectivity index (χ4n) is 2.37. The summed E-state index contributed by atoms with van der Waals surface area (Å²) in [5, 5.41) is 2.58. The van der Waals surface area contributed by atoms with E-state index in [0.717, 1.165) is 5.56 Å². The van der Waals surface area contributed by atoms with Crippen LogP contribution in [0.4, 0.5) is 4.39 Å². The molecule has 21 heavy (non-hydrogen) atoms. The summed E-state index contributed by atoms with van der Waals surface area (Å²) in [5.41, 5.74) is 0.834. The summed E-state index contributed by atoms with van der Waals surface area (Å²) >= 11 is 0. The highest BCUT2D eigenvalue weighted by molar-refractivity contribution is 5.86. The minimum Gasteiger partial charge on any atom is -0.370 e. The number of amides is 2. The smallest absolute Gasteiger partial charge is 0.245 e. The minimum atomic E-state index is -0.561. The molecule has 2 amide bonds. The molecule has 0 aromatic heterocycles. The molecular formula is C15H19FN2O3. The molecule has 6 heteroatoms. The van der Waals surface area contributed by atoms with Gasteiger partial charge in [0, 0.05) is 13.5 Å². The van der Waals surface area contributed by atoms with Crippen LogP contribution in [0.15, 0.2) is 24.3 Å². The minimum absolute atomic E-state index is 0.138. The van der Waals surface area contributed by atoms with Gasteiger partial charge in [-0.2, -0.15) is 0 Å². The number of hydrogen-bond acceptors (Lipinski definition) is 3. The third kappa shape index (κ3) is 4.01. The first-order valence-electron chi connectivity index (χ1n) is 6.90. The molecule has 1 fully saturated rings. The van der Waals surface area contributed by atoms with Gasteiger partial charge in [0.2, 0.25) is 11.8 Å². The monoisotopic (exact) mass is 294 g/mol. The molecule has 0 saturated carbocycles. The number of ether oxygens (including phenoxy) is 1. The van der Waals surface area contributed by atoms with Gasteiger partial charge in [0.1, 0.15) is 18.0 Å². The predicted octanol–water partition coefficient (Wildman–Crippen LogP) is 1.25. The highest BCUT2D eigenvalue weighted by atomic mass is 19.1. The molecule has 2 rings (SSSR count). The topological polar surface area (TPSA) is 58.6 Å². The van der Waals surface area contributed by atoms with Gasteiger partial charge in [-0.15, -0.1) is 0 Å². The van der Waals surface area contributed by atoms with Crippen molar-refractivity contribution in [2.75, 3.05) is 19.7 Å². The van der Waals surface area contributed by atoms with Crippen LogP contribution in [-0.4, -0.2) is 42.5 Å². The lowest BCUT2D eigenvalue weighted by atomic mass is 10.1. The molecule has 1 aliphatic heterocycles. The van der Waals surface area contributed by atoms with Crippen molar-refractivity contribution in [3.63, 3.8) is 0 Å². The molecule has 0 spiro atoms. The largest absolute Gasteiger partial charge is 0.370 e. The van der Waals surface area contributed by atoms with Crippen LogP contribution in [0, 0.1) is 5.82 Å². The van der Waals surface area contributed by atoms with Crippen molar-refractivity contribution in [1.29, 1.82) is 0 Å². The van der Waals surface area contributed by atoms with Gasteiger partial charge in [-0.3, -0.25) is 9.59 Å². The zero-order valence-corrected chi connectivity index (χ0v) is 12.1. The van der Waals surface area contributed by atoms with E-state index in [1.807, 2.05) is 0 Å². The Morgan fingerprint density at radius 1 is 1.38 bits per heavy atom. The van der Waals surface area contributed by atoms with Crippen LogP contribution < -0.4 is 5.32 Å². The number of rotatable bonds is 3. The standard InChI is InChI=1S/C15H19FN2O3/c1-10(17-11(2)19)15(20)18-7-8-21-14(9-18)12-3-5-13(16)6-4-12/h3-6,10,14H,7-9H2,1-2H3,(H,17,19)/t10-,14-/m0/s1. The number of nitrogens with zero attached hydrogens (tertiary/aromatic N) is 1. The van der Waals surface area contributed by atoms with Crippen molar-refractivity contribution in [2.24, 2.45) is 0 Å². The number of hydrogen-bond donors (Lipinski definition) is 1. The second-order valence-electron chi connectivity index (χ2n) is 5.12. The van der Waals surface area contributed by atoms with Gasteiger partial charge < -0.3 is 15.0 Å². The average molecular weight is 294 g/mol. The zero-order valence-electron chi connectivity index (χ0n) is 12.1. The first-order chi connectivity index (χ1) is 9.97. The summed E-state index contributed by atoms with van der Waals surface area (Å²) in [6.07, 6.45) is -0.271. The second kappa shape index (κ2) is 6.67. The molecule has 1 aliphatic rings. The van der Waals surface area contributed by atoms with Crippen molar-refractivity contribution < 1.29 is 18.7 Å². The molecule has 1 aromatic rings. The summed E-state index contributed by atoms with van der Waals surface area (Å²) < 4.78 is 18.6. The highest BCUT2D eigenvalue weighted by Crippen LogP contribution is 2.22. The lowest BCUT2D eigenvalue weighted by Gasteiger charge is -2.34. The van der Waals surface area contributed by atoms with E-state index < -0.39 is 6.04 Å². The predicted molar refractivity (Wildman–Crippen MR) is 75.0 cm³/mol. The van der Waals surface area contributed by atoms with E-state index in [9.17, 15) is 14.0 Å². The Hall–Kier alpha value is -1.95. The lowest BCUT2D eigenvalue weighted by Crippen LogP contribution is -2.50. The van der Waals surface area contributed by atoms with E-state index in [-0.39, 0.29) is 23.7 Å². The van der Waals surface area contributed by atoms with Gasteiger partial charge in [-0.25, -0.2) is 4.39 Å². The summed E-state index contributed by atoms with van der Waals surface area (Å²) in [5.74, 6) is -0.679. The maximum Gasteiger partial charge on any atom is 0.245 e. The number of morpholine rings is 1. The van der Waals surface area contributed by atoms with Crippen LogP contribution in [0.3, 0.4) is 0 Å². The number of halogens is 1. The third-order valence-electron chi connectivity index (χ3n) is 3.41. The Kier molecular flexibility index (Phi) is 4.90. The highest BCUT2D eigenvalue weighted by Gasteiger charge is 2.28. The lowest BCUT2D eigenvalue weighted by molar-refractivity contribution is -0.142. The number of carbonyl (C=O) groups is 2. The van der Waals surface area contributed by atoms with Gasteiger partial charge in [0.05, 0.1) is 13.2 Å². The summed E-state index contributed by atoms with van der Waals surface area (Å²) in [4.78, 5) is 24.9. The zero-order chi connectivity index (χ0) is 15.4. The molecular weight excluding hydrogens is 275 g/mol. The van der Waals surface area contributed by atoms with Gasteiger partial charge in [0.25, 0.3) is 0 Å². The van der Waals surface area contributed by atoms with Crippen LogP contribution >= 0.6 is 0 Å². The second-order valence-corrected chi connectivity index (χ2v) is 5.12. The maximum atomic E-state index is 12.9. The van der Waals surface area contributed by atoms with E-state index in [2.05, 4.69) is 5.32 Å². The van der Waals surface area contributed by atoms with Crippen LogP contribution in [-0.2, 0) is 14.3 Å². The number of nitrogens with one attached hydrogen (secondary N) is 1. The van der Waals surface area contributed by atoms with Crippen LogP contribution in [0.2, 0.25) is 0 Å². The molecule has 0 radical (unpaired) electrons. The quantitative estimate of drug-likeness (QED) is 0.913. The van der Waals surface area contributed by atoms with Crippen LogP contribution in [0.25, 0.3) is 0 Å². The molecule has 1 saturated heterocycles. The van der Waals surface area contributed by atoms with E-state index in [4.69, 9.17) is 4.74 Å². The Labute approximate surface area is 123 Å².